The van der Waals surface area contributed by atoms with Gasteiger partial charge in [0.25, 0.3) is 5.91 Å². The molecule has 0 bridgehead atoms. The Morgan fingerprint density at radius 1 is 1.24 bits per heavy atom. The normalized spacial score (nSPS) is 13.9. The predicted octanol–water partition coefficient (Wildman–Crippen LogP) is 2.73. The van der Waals surface area contributed by atoms with Crippen molar-refractivity contribution in [1.82, 2.24) is 15.1 Å². The van der Waals surface area contributed by atoms with Crippen molar-refractivity contribution in [1.29, 1.82) is 0 Å². The monoisotopic (exact) mass is 377 g/mol. The molecule has 1 aromatic carbocycles. The summed E-state index contributed by atoms with van der Waals surface area (Å²) in [6.07, 6.45) is 0. The quantitative estimate of drug-likeness (QED) is 0.814. The second-order valence-electron chi connectivity index (χ2n) is 5.70. The minimum Gasteiger partial charge on any atom is -0.337 e. The van der Waals surface area contributed by atoms with Gasteiger partial charge in [-0.3, -0.25) is 14.5 Å². The number of carbonyl (C=O) groups excluding carboxylic acids is 3. The number of nitrogens with one attached hydrogen (secondary N) is 1. The molecule has 1 aliphatic heterocycles. The van der Waals surface area contributed by atoms with Crippen LogP contribution in [0.25, 0.3) is 0 Å². The number of nitrogens with zero attached hydrogens (tertiary/aromatic N) is 2. The van der Waals surface area contributed by atoms with Gasteiger partial charge in [-0.2, -0.15) is 0 Å². The molecule has 1 N–H and O–H groups in total. The van der Waals surface area contributed by atoms with Gasteiger partial charge in [0, 0.05) is 17.5 Å². The Morgan fingerprint density at radius 2 is 1.96 bits per heavy atom. The van der Waals surface area contributed by atoms with E-state index < -0.39 is 0 Å². The minimum atomic E-state index is -0.389. The van der Waals surface area contributed by atoms with E-state index in [1.54, 1.807) is 36.2 Å². The summed E-state index contributed by atoms with van der Waals surface area (Å²) < 4.78 is 0.695. The van der Waals surface area contributed by atoms with Gasteiger partial charge >= 0.3 is 6.03 Å². The van der Waals surface area contributed by atoms with Crippen molar-refractivity contribution in [3.05, 3.63) is 56.7 Å². The summed E-state index contributed by atoms with van der Waals surface area (Å²) in [4.78, 5) is 39.4. The van der Waals surface area contributed by atoms with Gasteiger partial charge in [0.1, 0.15) is 0 Å². The van der Waals surface area contributed by atoms with Gasteiger partial charge in [-0.25, -0.2) is 4.79 Å². The molecule has 4 amide bonds. The van der Waals surface area contributed by atoms with Gasteiger partial charge in [-0.1, -0.05) is 23.7 Å². The Hall–Kier alpha value is -2.38. The molecule has 1 saturated heterocycles. The van der Waals surface area contributed by atoms with E-state index in [0.29, 0.717) is 16.4 Å². The summed E-state index contributed by atoms with van der Waals surface area (Å²) in [6.45, 7) is 0.718. The highest BCUT2D eigenvalue weighted by atomic mass is 35.5. The number of amides is 4. The van der Waals surface area contributed by atoms with Crippen molar-refractivity contribution in [2.45, 2.75) is 13.1 Å². The zero-order valence-corrected chi connectivity index (χ0v) is 15.1. The van der Waals surface area contributed by atoms with Crippen LogP contribution in [-0.4, -0.2) is 41.2 Å². The highest BCUT2D eigenvalue weighted by Gasteiger charge is 2.28. The molecule has 3 rings (SSSR count). The number of imide groups is 1. The van der Waals surface area contributed by atoms with Crippen molar-refractivity contribution in [2.24, 2.45) is 0 Å². The zero-order chi connectivity index (χ0) is 18.0. The first-order valence-electron chi connectivity index (χ1n) is 7.61. The van der Waals surface area contributed by atoms with Crippen molar-refractivity contribution in [3.8, 4) is 0 Å². The van der Waals surface area contributed by atoms with Crippen LogP contribution in [0.15, 0.2) is 36.4 Å². The lowest BCUT2D eigenvalue weighted by molar-refractivity contribution is -0.125. The standard InChI is InChI=1S/C17H16ClN3O3S/c1-20(10-13-6-7-14(18)25-13)16(23)12-4-2-11(3-5-12)9-21-15(22)8-19-17(21)24/h2-7H,8-10H2,1H3,(H,19,24). The van der Waals surface area contributed by atoms with Crippen LogP contribution in [-0.2, 0) is 17.9 Å². The molecule has 1 aliphatic rings. The number of urea groups is 1. The van der Waals surface area contributed by atoms with Crippen LogP contribution < -0.4 is 5.32 Å². The molecule has 0 saturated carbocycles. The number of thiophene rings is 1. The van der Waals surface area contributed by atoms with Gasteiger partial charge in [-0.15, -0.1) is 11.3 Å². The largest absolute Gasteiger partial charge is 0.337 e. The summed E-state index contributed by atoms with van der Waals surface area (Å²) >= 11 is 7.35. The highest BCUT2D eigenvalue weighted by molar-refractivity contribution is 7.16. The average molecular weight is 378 g/mol. The average Bonchev–Trinajstić information content (AvgIpc) is 3.14. The van der Waals surface area contributed by atoms with E-state index in [1.807, 2.05) is 12.1 Å². The number of benzene rings is 1. The van der Waals surface area contributed by atoms with Gasteiger partial charge in [0.2, 0.25) is 5.91 Å². The Balaban J connectivity index is 1.64. The number of hydrogen-bond donors (Lipinski definition) is 1. The molecule has 1 aromatic heterocycles. The van der Waals surface area contributed by atoms with Crippen LogP contribution in [0.1, 0.15) is 20.8 Å². The molecule has 0 atom stereocenters. The summed E-state index contributed by atoms with van der Waals surface area (Å²) in [5, 5.41) is 2.48. The highest BCUT2D eigenvalue weighted by Crippen LogP contribution is 2.23. The minimum absolute atomic E-state index is 0.0347. The van der Waals surface area contributed by atoms with E-state index in [9.17, 15) is 14.4 Å². The first-order valence-corrected chi connectivity index (χ1v) is 8.80. The summed E-state index contributed by atoms with van der Waals surface area (Å²) in [7, 11) is 1.73. The number of carbonyl (C=O) groups is 3. The van der Waals surface area contributed by atoms with E-state index in [0.717, 1.165) is 15.3 Å². The molecular formula is C17H16ClN3O3S. The number of hydrogen-bond acceptors (Lipinski definition) is 4. The maximum atomic E-state index is 12.5. The van der Waals surface area contributed by atoms with Gasteiger partial charge in [0.15, 0.2) is 0 Å². The lowest BCUT2D eigenvalue weighted by Gasteiger charge is -2.17. The molecule has 2 heterocycles. The first kappa shape index (κ1) is 17.4. The Kier molecular flexibility index (Phi) is 5.06. The topological polar surface area (TPSA) is 69.7 Å². The van der Waals surface area contributed by atoms with Crippen LogP contribution in [0, 0.1) is 0 Å². The maximum absolute atomic E-state index is 12.5. The first-order chi connectivity index (χ1) is 11.9. The smallest absolute Gasteiger partial charge is 0.324 e. The molecule has 0 aliphatic carbocycles. The van der Waals surface area contributed by atoms with Crippen LogP contribution in [0.3, 0.4) is 0 Å². The number of rotatable bonds is 5. The molecule has 2 aromatic rings. The number of halogens is 1. The van der Waals surface area contributed by atoms with Crippen LogP contribution in [0.2, 0.25) is 4.34 Å². The van der Waals surface area contributed by atoms with Crippen molar-refractivity contribution < 1.29 is 14.4 Å². The SMILES string of the molecule is CN(Cc1ccc(Cl)s1)C(=O)c1ccc(CN2C(=O)CNC2=O)cc1. The fourth-order valence-corrected chi connectivity index (χ4v) is 3.65. The Labute approximate surface area is 154 Å². The van der Waals surface area contributed by atoms with Gasteiger partial charge in [-0.05, 0) is 29.8 Å². The molecule has 130 valence electrons. The Bertz CT molecular complexity index is 803. The fourth-order valence-electron chi connectivity index (χ4n) is 2.51. The molecule has 0 radical (unpaired) electrons. The van der Waals surface area contributed by atoms with E-state index in [4.69, 9.17) is 11.6 Å². The third-order valence-corrected chi connectivity index (χ3v) is 5.06. The second kappa shape index (κ2) is 7.25. The van der Waals surface area contributed by atoms with Crippen molar-refractivity contribution >= 4 is 40.8 Å². The molecule has 0 unspecified atom stereocenters. The van der Waals surface area contributed by atoms with E-state index in [1.165, 1.54) is 11.3 Å². The Morgan fingerprint density at radius 3 is 2.52 bits per heavy atom. The van der Waals surface area contributed by atoms with E-state index in [2.05, 4.69) is 5.32 Å². The van der Waals surface area contributed by atoms with E-state index >= 15 is 0 Å². The third kappa shape index (κ3) is 4.00. The lowest BCUT2D eigenvalue weighted by atomic mass is 10.1. The molecular weight excluding hydrogens is 362 g/mol. The van der Waals surface area contributed by atoms with E-state index in [-0.39, 0.29) is 30.9 Å². The predicted molar refractivity (Wildman–Crippen MR) is 95.5 cm³/mol. The van der Waals surface area contributed by atoms with Crippen LogP contribution >= 0.6 is 22.9 Å². The molecule has 0 spiro atoms. The molecule has 8 heteroatoms. The van der Waals surface area contributed by atoms with Gasteiger partial charge in [0.05, 0.1) is 24.0 Å². The maximum Gasteiger partial charge on any atom is 0.324 e. The van der Waals surface area contributed by atoms with Gasteiger partial charge < -0.3 is 10.2 Å². The fraction of sp³-hybridized carbons (Fsp3) is 0.235. The van der Waals surface area contributed by atoms with Crippen LogP contribution in [0.5, 0.6) is 0 Å². The summed E-state index contributed by atoms with van der Waals surface area (Å²) in [5.74, 6) is -0.356. The molecule has 6 nitrogen and oxygen atoms in total. The third-order valence-electron chi connectivity index (χ3n) is 3.85. The van der Waals surface area contributed by atoms with Crippen LogP contribution in [0.4, 0.5) is 4.79 Å². The molecule has 1 fully saturated rings. The zero-order valence-electron chi connectivity index (χ0n) is 13.5. The lowest BCUT2D eigenvalue weighted by Crippen LogP contribution is -2.30. The molecule has 25 heavy (non-hydrogen) atoms. The summed E-state index contributed by atoms with van der Waals surface area (Å²) in [6, 6.07) is 10.2. The summed E-state index contributed by atoms with van der Waals surface area (Å²) in [5.41, 5.74) is 1.33. The van der Waals surface area contributed by atoms with Crippen molar-refractivity contribution in [3.63, 3.8) is 0 Å². The van der Waals surface area contributed by atoms with Crippen molar-refractivity contribution in [2.75, 3.05) is 13.6 Å². The second-order valence-corrected chi connectivity index (χ2v) is 7.50.